The van der Waals surface area contributed by atoms with E-state index >= 15 is 0 Å². The first kappa shape index (κ1) is 14.1. The minimum atomic E-state index is -4.49. The number of alkyl halides is 3. The van der Waals surface area contributed by atoms with Crippen molar-refractivity contribution in [3.05, 3.63) is 24.0 Å². The molecule has 0 aliphatic rings. The lowest BCUT2D eigenvalue weighted by atomic mass is 10.2. The zero-order valence-corrected chi connectivity index (χ0v) is 9.44. The molecule has 0 aromatic carbocycles. The van der Waals surface area contributed by atoms with Gasteiger partial charge in [0.2, 0.25) is 0 Å². The van der Waals surface area contributed by atoms with Gasteiger partial charge in [0.25, 0.3) is 0 Å². The molecule has 0 saturated carbocycles. The van der Waals surface area contributed by atoms with Crippen molar-refractivity contribution in [2.45, 2.75) is 13.1 Å². The van der Waals surface area contributed by atoms with Gasteiger partial charge in [-0.05, 0) is 19.1 Å². The molecule has 0 amide bonds. The molecule has 0 aliphatic heterocycles. The topological polar surface area (TPSA) is 83.9 Å². The summed E-state index contributed by atoms with van der Waals surface area (Å²) in [4.78, 5) is 7.13. The first-order valence-electron chi connectivity index (χ1n) is 4.85. The fourth-order valence-electron chi connectivity index (χ4n) is 1.08. The van der Waals surface area contributed by atoms with Crippen molar-refractivity contribution >= 4 is 17.1 Å². The van der Waals surface area contributed by atoms with Gasteiger partial charge in [0, 0.05) is 0 Å². The number of aliphatic hydroxyl groups excluding tert-OH is 1. The highest BCUT2D eigenvalue weighted by Gasteiger charge is 2.31. The molecule has 3 N–H and O–H groups in total. The number of aliphatic imine (C=N–C) groups is 1. The van der Waals surface area contributed by atoms with E-state index in [1.165, 1.54) is 6.92 Å². The number of nitrogens with zero attached hydrogens (tertiary/aromatic N) is 3. The van der Waals surface area contributed by atoms with Crippen LogP contribution in [0.3, 0.4) is 0 Å². The average molecular weight is 260 g/mol. The summed E-state index contributed by atoms with van der Waals surface area (Å²) in [5, 5.41) is 12.3. The van der Waals surface area contributed by atoms with E-state index in [1.54, 1.807) is 0 Å². The number of pyridine rings is 1. The summed E-state index contributed by atoms with van der Waals surface area (Å²) >= 11 is 0. The van der Waals surface area contributed by atoms with Crippen LogP contribution in [0.15, 0.2) is 28.4 Å². The van der Waals surface area contributed by atoms with Crippen LogP contribution in [0.2, 0.25) is 0 Å². The van der Waals surface area contributed by atoms with Crippen LogP contribution >= 0.6 is 0 Å². The van der Waals surface area contributed by atoms with E-state index < -0.39 is 18.5 Å². The number of hydrazone groups is 1. The minimum Gasteiger partial charge on any atom is -0.390 e. The molecule has 0 fully saturated rings. The largest absolute Gasteiger partial charge is 0.433 e. The summed E-state index contributed by atoms with van der Waals surface area (Å²) in [5.74, 6) is 5.01. The van der Waals surface area contributed by atoms with Crippen LogP contribution in [-0.4, -0.2) is 28.1 Å². The van der Waals surface area contributed by atoms with Crippen molar-refractivity contribution in [2.75, 3.05) is 6.61 Å². The molecule has 0 saturated heterocycles. The lowest BCUT2D eigenvalue weighted by molar-refractivity contribution is -0.141. The molecule has 98 valence electrons. The maximum atomic E-state index is 12.3. The average Bonchev–Trinajstić information content (AvgIpc) is 2.34. The Morgan fingerprint density at radius 1 is 1.44 bits per heavy atom. The molecule has 1 aromatic rings. The quantitative estimate of drug-likeness (QED) is 0.490. The molecule has 5 nitrogen and oxygen atoms in total. The third kappa shape index (κ3) is 3.52. The molecule has 18 heavy (non-hydrogen) atoms. The monoisotopic (exact) mass is 260 g/mol. The predicted molar refractivity (Wildman–Crippen MR) is 60.7 cm³/mol. The van der Waals surface area contributed by atoms with Gasteiger partial charge in [-0.3, -0.25) is 0 Å². The summed E-state index contributed by atoms with van der Waals surface area (Å²) in [6, 6.07) is 1.96. The molecule has 0 aliphatic carbocycles. The Balaban J connectivity index is 3.02. The van der Waals surface area contributed by atoms with Crippen molar-refractivity contribution in [3.8, 4) is 0 Å². The van der Waals surface area contributed by atoms with Gasteiger partial charge in [-0.2, -0.15) is 18.3 Å². The predicted octanol–water partition coefficient (Wildman–Crippen LogP) is 1.50. The zero-order chi connectivity index (χ0) is 13.8. The Kier molecular flexibility index (Phi) is 4.38. The number of nitrogens with two attached hydrogens (primary N) is 1. The third-order valence-electron chi connectivity index (χ3n) is 2.06. The van der Waals surface area contributed by atoms with Crippen molar-refractivity contribution in [1.29, 1.82) is 0 Å². The van der Waals surface area contributed by atoms with Gasteiger partial charge in [-0.15, -0.1) is 0 Å². The molecule has 1 aromatic heterocycles. The normalized spacial score (nSPS) is 13.8. The second-order valence-corrected chi connectivity index (χ2v) is 3.33. The maximum Gasteiger partial charge on any atom is 0.433 e. The van der Waals surface area contributed by atoms with E-state index in [2.05, 4.69) is 15.1 Å². The lowest BCUT2D eigenvalue weighted by Crippen LogP contribution is -2.16. The molecule has 0 unspecified atom stereocenters. The van der Waals surface area contributed by atoms with Crippen LogP contribution in [0, 0.1) is 0 Å². The highest BCUT2D eigenvalue weighted by Crippen LogP contribution is 2.28. The smallest absolute Gasteiger partial charge is 0.390 e. The molecule has 0 radical (unpaired) electrons. The van der Waals surface area contributed by atoms with E-state index in [0.29, 0.717) is 0 Å². The Morgan fingerprint density at radius 3 is 2.50 bits per heavy atom. The summed E-state index contributed by atoms with van der Waals surface area (Å²) in [5.41, 5.74) is -0.372. The van der Waals surface area contributed by atoms with Crippen LogP contribution in [0.4, 0.5) is 18.9 Å². The highest BCUT2D eigenvalue weighted by molar-refractivity contribution is 6.42. The van der Waals surface area contributed by atoms with Gasteiger partial charge in [0.05, 0.1) is 29.9 Å². The van der Waals surface area contributed by atoms with E-state index in [4.69, 9.17) is 10.9 Å². The first-order chi connectivity index (χ1) is 8.38. The van der Waals surface area contributed by atoms with E-state index in [-0.39, 0.29) is 17.1 Å². The summed E-state index contributed by atoms with van der Waals surface area (Å²) in [6.45, 7) is 1.10. The van der Waals surface area contributed by atoms with Crippen LogP contribution < -0.4 is 5.84 Å². The van der Waals surface area contributed by atoms with E-state index in [1.807, 2.05) is 0 Å². The summed E-state index contributed by atoms with van der Waals surface area (Å²) < 4.78 is 36.8. The fourth-order valence-corrected chi connectivity index (χ4v) is 1.08. The van der Waals surface area contributed by atoms with Crippen LogP contribution in [0.25, 0.3) is 0 Å². The summed E-state index contributed by atoms with van der Waals surface area (Å²) in [6.07, 6.45) is -3.53. The van der Waals surface area contributed by atoms with Gasteiger partial charge >= 0.3 is 6.18 Å². The first-order valence-corrected chi connectivity index (χ1v) is 4.85. The van der Waals surface area contributed by atoms with Gasteiger partial charge in [-0.25, -0.2) is 9.98 Å². The highest BCUT2D eigenvalue weighted by atomic mass is 19.4. The van der Waals surface area contributed by atoms with Crippen molar-refractivity contribution in [1.82, 2.24) is 4.98 Å². The van der Waals surface area contributed by atoms with Gasteiger partial charge < -0.3 is 10.9 Å². The van der Waals surface area contributed by atoms with Gasteiger partial charge in [0.1, 0.15) is 5.69 Å². The molecule has 0 spiro atoms. The standard InChI is InChI=1S/C10H11F3N4O/c1-6(17-14)8(5-18)16-7-2-3-9(15-4-7)10(11,12)13/h2-4,18H,5,14H2,1H3/b16-8?,17-6-. The van der Waals surface area contributed by atoms with Gasteiger partial charge in [-0.1, -0.05) is 0 Å². The molecule has 0 atom stereocenters. The van der Waals surface area contributed by atoms with Crippen LogP contribution in [-0.2, 0) is 6.18 Å². The Morgan fingerprint density at radius 2 is 2.11 bits per heavy atom. The second-order valence-electron chi connectivity index (χ2n) is 3.33. The number of hydrogen-bond acceptors (Lipinski definition) is 5. The number of aromatic nitrogens is 1. The van der Waals surface area contributed by atoms with Crippen LogP contribution in [0.5, 0.6) is 0 Å². The van der Waals surface area contributed by atoms with Gasteiger partial charge in [0.15, 0.2) is 0 Å². The van der Waals surface area contributed by atoms with Crippen molar-refractivity contribution in [2.24, 2.45) is 15.9 Å². The Hall–Kier alpha value is -1.96. The third-order valence-corrected chi connectivity index (χ3v) is 2.06. The summed E-state index contributed by atoms with van der Waals surface area (Å²) in [7, 11) is 0. The number of halogens is 3. The molecular weight excluding hydrogens is 249 g/mol. The zero-order valence-electron chi connectivity index (χ0n) is 9.44. The number of rotatable bonds is 3. The van der Waals surface area contributed by atoms with E-state index in [9.17, 15) is 13.2 Å². The molecule has 1 heterocycles. The Labute approximate surface area is 101 Å². The number of hydrogen-bond donors (Lipinski definition) is 2. The lowest BCUT2D eigenvalue weighted by Gasteiger charge is -2.05. The SMILES string of the molecule is C/C(=N/N)C(CO)=Nc1ccc(C(F)(F)F)nc1. The van der Waals surface area contributed by atoms with E-state index in [0.717, 1.165) is 18.3 Å². The van der Waals surface area contributed by atoms with Crippen molar-refractivity contribution in [3.63, 3.8) is 0 Å². The fraction of sp³-hybridized carbons (Fsp3) is 0.300. The second kappa shape index (κ2) is 5.58. The van der Waals surface area contributed by atoms with Crippen LogP contribution in [0.1, 0.15) is 12.6 Å². The minimum absolute atomic E-state index is 0.166. The molecule has 0 bridgehead atoms. The van der Waals surface area contributed by atoms with Crippen molar-refractivity contribution < 1.29 is 18.3 Å². The Bertz CT molecular complexity index is 465. The molecule has 8 heteroatoms. The number of aliphatic hydroxyl groups is 1. The molecular formula is C10H11F3N4O. The maximum absolute atomic E-state index is 12.3. The molecule has 1 rings (SSSR count).